The van der Waals surface area contributed by atoms with Gasteiger partial charge in [-0.2, -0.15) is 0 Å². The van der Waals surface area contributed by atoms with Gasteiger partial charge in [0.2, 0.25) is 0 Å². The number of aliphatic hydroxyl groups is 1. The highest BCUT2D eigenvalue weighted by Crippen LogP contribution is 2.45. The fourth-order valence-corrected chi connectivity index (χ4v) is 14.4. The Kier molecular flexibility index (Phi) is 73.1. The summed E-state index contributed by atoms with van der Waals surface area (Å²) < 4.78 is 68.8. The summed E-state index contributed by atoms with van der Waals surface area (Å²) in [5, 5.41) is 10.6. The zero-order valence-electron chi connectivity index (χ0n) is 66.9. The van der Waals surface area contributed by atoms with E-state index in [1.54, 1.807) is 0 Å². The molecule has 3 N–H and O–H groups in total. The number of hydrogen-bond donors (Lipinski definition) is 3. The number of rotatable bonds is 82. The summed E-state index contributed by atoms with van der Waals surface area (Å²) in [6.07, 6.45) is 65.1. The SMILES string of the molecule is CCCCCCCCCCCCCCCC(=O)O[C@H](COC(=O)CCCCCCCCCCCC)COP(=O)(O)OC[C@H](O)COP(=O)(O)OC[C@@H](COC(=O)CCCCCCCCCCCCCCCCC(C)CC)OC(=O)CCCCCCCCCCCCCCCCCCCCC(C)C. The summed E-state index contributed by atoms with van der Waals surface area (Å²) in [5.41, 5.74) is 0. The van der Waals surface area contributed by atoms with Crippen LogP contribution >= 0.6 is 15.6 Å². The van der Waals surface area contributed by atoms with Crippen LogP contribution in [0.25, 0.3) is 0 Å². The fraction of sp³-hybridized carbons (Fsp3) is 0.952. The third-order valence-electron chi connectivity index (χ3n) is 19.8. The van der Waals surface area contributed by atoms with Crippen molar-refractivity contribution in [2.45, 2.75) is 458 Å². The van der Waals surface area contributed by atoms with E-state index >= 15 is 0 Å². The molecule has 0 aromatic heterocycles. The lowest BCUT2D eigenvalue weighted by molar-refractivity contribution is -0.161. The summed E-state index contributed by atoms with van der Waals surface area (Å²) >= 11 is 0. The third-order valence-corrected chi connectivity index (χ3v) is 21.7. The molecule has 0 spiro atoms. The molecule has 0 aliphatic carbocycles. The van der Waals surface area contributed by atoms with Crippen molar-refractivity contribution in [3.05, 3.63) is 0 Å². The lowest BCUT2D eigenvalue weighted by Crippen LogP contribution is -2.30. The molecule has 0 amide bonds. The fourth-order valence-electron chi connectivity index (χ4n) is 12.9. The number of esters is 4. The Labute approximate surface area is 626 Å². The second-order valence-electron chi connectivity index (χ2n) is 30.6. The van der Waals surface area contributed by atoms with Gasteiger partial charge in [0.05, 0.1) is 26.4 Å². The third kappa shape index (κ3) is 74.9. The molecular formula is C83H162O17P2. The molecule has 0 bridgehead atoms. The highest BCUT2D eigenvalue weighted by Gasteiger charge is 2.30. The van der Waals surface area contributed by atoms with Crippen molar-refractivity contribution in [1.29, 1.82) is 0 Å². The number of carbonyl (C=O) groups is 4. The molecule has 6 atom stereocenters. The van der Waals surface area contributed by atoms with Crippen LogP contribution < -0.4 is 0 Å². The van der Waals surface area contributed by atoms with Crippen molar-refractivity contribution in [3.63, 3.8) is 0 Å². The minimum atomic E-state index is -4.96. The van der Waals surface area contributed by atoms with E-state index in [0.29, 0.717) is 25.7 Å². The lowest BCUT2D eigenvalue weighted by Gasteiger charge is -2.21. The summed E-state index contributed by atoms with van der Waals surface area (Å²) in [6.45, 7) is 9.73. The number of phosphoric ester groups is 2. The molecule has 0 aromatic rings. The van der Waals surface area contributed by atoms with Crippen molar-refractivity contribution in [3.8, 4) is 0 Å². The molecule has 0 radical (unpaired) electrons. The molecule has 606 valence electrons. The van der Waals surface area contributed by atoms with E-state index in [1.165, 1.54) is 257 Å². The van der Waals surface area contributed by atoms with Crippen LogP contribution in [0, 0.1) is 11.8 Å². The quantitative estimate of drug-likeness (QED) is 0.0222. The zero-order valence-corrected chi connectivity index (χ0v) is 68.7. The van der Waals surface area contributed by atoms with Gasteiger partial charge in [0, 0.05) is 25.7 Å². The number of carbonyl (C=O) groups excluding carboxylic acids is 4. The molecule has 0 aliphatic heterocycles. The maximum absolute atomic E-state index is 13.1. The van der Waals surface area contributed by atoms with Gasteiger partial charge in [-0.15, -0.1) is 0 Å². The first-order valence-electron chi connectivity index (χ1n) is 43.0. The molecule has 0 aromatic carbocycles. The Bertz CT molecular complexity index is 1960. The van der Waals surface area contributed by atoms with Crippen molar-refractivity contribution in [1.82, 2.24) is 0 Å². The number of hydrogen-bond acceptors (Lipinski definition) is 15. The predicted octanol–water partition coefficient (Wildman–Crippen LogP) is 25.1. The van der Waals surface area contributed by atoms with Gasteiger partial charge >= 0.3 is 39.5 Å². The first-order chi connectivity index (χ1) is 49.4. The highest BCUT2D eigenvalue weighted by atomic mass is 31.2. The standard InChI is InChI=1S/C83H162O17P2/c1-7-10-12-14-16-18-20-29-37-43-49-55-61-67-82(87)99-78(71-93-80(85)65-59-53-47-41-19-17-15-13-11-8-2)73-97-101(89,90)95-69-77(84)70-96-102(91,92)98-74-79(72-94-81(86)66-60-54-48-42-36-32-28-27-31-35-40-46-52-58-64-76(6)9-3)100-83(88)68-62-56-50-44-38-33-26-24-22-21-23-25-30-34-39-45-51-57-63-75(4)5/h75-79,84H,7-74H2,1-6H3,(H,89,90)(H,91,92)/t76?,77-,78+,79+/m0/s1. The minimum absolute atomic E-state index is 0.108. The van der Waals surface area contributed by atoms with Crippen LogP contribution in [-0.2, 0) is 65.4 Å². The molecule has 0 saturated heterocycles. The molecule has 102 heavy (non-hydrogen) atoms. The van der Waals surface area contributed by atoms with Gasteiger partial charge in [0.1, 0.15) is 19.3 Å². The van der Waals surface area contributed by atoms with Crippen LogP contribution in [-0.4, -0.2) is 96.7 Å². The molecule has 0 aliphatic rings. The second kappa shape index (κ2) is 74.5. The summed E-state index contributed by atoms with van der Waals surface area (Å²) in [4.78, 5) is 73.1. The monoisotopic (exact) mass is 1490 g/mol. The normalized spacial score (nSPS) is 14.1. The van der Waals surface area contributed by atoms with Gasteiger partial charge in [-0.25, -0.2) is 9.13 Å². The number of aliphatic hydroxyl groups excluding tert-OH is 1. The summed E-state index contributed by atoms with van der Waals surface area (Å²) in [7, 11) is -9.92. The average molecular weight is 1490 g/mol. The molecule has 0 heterocycles. The van der Waals surface area contributed by atoms with E-state index in [-0.39, 0.29) is 25.7 Å². The van der Waals surface area contributed by atoms with Crippen molar-refractivity contribution >= 4 is 39.5 Å². The zero-order chi connectivity index (χ0) is 74.9. The van der Waals surface area contributed by atoms with E-state index in [0.717, 1.165) is 102 Å². The van der Waals surface area contributed by atoms with Gasteiger partial charge in [-0.05, 0) is 37.5 Å². The van der Waals surface area contributed by atoms with Gasteiger partial charge in [-0.3, -0.25) is 37.3 Å². The van der Waals surface area contributed by atoms with Crippen LogP contribution in [0.3, 0.4) is 0 Å². The highest BCUT2D eigenvalue weighted by molar-refractivity contribution is 7.47. The van der Waals surface area contributed by atoms with Crippen molar-refractivity contribution in [2.75, 3.05) is 39.6 Å². The Morgan fingerprint density at radius 3 is 0.745 bits per heavy atom. The first-order valence-corrected chi connectivity index (χ1v) is 46.0. The van der Waals surface area contributed by atoms with E-state index < -0.39 is 97.5 Å². The second-order valence-corrected chi connectivity index (χ2v) is 33.5. The van der Waals surface area contributed by atoms with Gasteiger partial charge in [0.25, 0.3) is 0 Å². The summed E-state index contributed by atoms with van der Waals surface area (Å²) in [6, 6.07) is 0. The van der Waals surface area contributed by atoms with Crippen LogP contribution in [0.5, 0.6) is 0 Å². The first kappa shape index (κ1) is 100. The molecule has 0 rings (SSSR count). The van der Waals surface area contributed by atoms with Gasteiger partial charge < -0.3 is 33.8 Å². The molecular weight excluding hydrogens is 1330 g/mol. The maximum atomic E-state index is 13.1. The Hall–Kier alpha value is -1.94. The molecule has 19 heteroatoms. The van der Waals surface area contributed by atoms with E-state index in [1.807, 2.05) is 0 Å². The van der Waals surface area contributed by atoms with E-state index in [4.69, 9.17) is 37.0 Å². The number of unbranched alkanes of at least 4 members (excludes halogenated alkanes) is 51. The average Bonchev–Trinajstić information content (AvgIpc) is 0.912. The Morgan fingerprint density at radius 2 is 0.500 bits per heavy atom. The van der Waals surface area contributed by atoms with Crippen molar-refractivity contribution in [2.24, 2.45) is 11.8 Å². The number of phosphoric acid groups is 2. The smallest absolute Gasteiger partial charge is 0.462 e. The predicted molar refractivity (Wildman–Crippen MR) is 418 cm³/mol. The van der Waals surface area contributed by atoms with E-state index in [2.05, 4.69) is 41.5 Å². The maximum Gasteiger partial charge on any atom is 0.472 e. The summed E-state index contributed by atoms with van der Waals surface area (Å²) in [5.74, 6) is -0.434. The molecule has 17 nitrogen and oxygen atoms in total. The van der Waals surface area contributed by atoms with Crippen molar-refractivity contribution < 1.29 is 80.2 Å². The molecule has 0 fully saturated rings. The lowest BCUT2D eigenvalue weighted by atomic mass is 9.99. The van der Waals surface area contributed by atoms with E-state index in [9.17, 15) is 43.2 Å². The van der Waals surface area contributed by atoms with Crippen LogP contribution in [0.15, 0.2) is 0 Å². The van der Waals surface area contributed by atoms with Crippen LogP contribution in [0.4, 0.5) is 0 Å². The van der Waals surface area contributed by atoms with Gasteiger partial charge in [-0.1, -0.05) is 388 Å². The van der Waals surface area contributed by atoms with Gasteiger partial charge in [0.15, 0.2) is 12.2 Å². The minimum Gasteiger partial charge on any atom is -0.462 e. The molecule has 0 saturated carbocycles. The van der Waals surface area contributed by atoms with Crippen LogP contribution in [0.2, 0.25) is 0 Å². The topological polar surface area (TPSA) is 237 Å². The van der Waals surface area contributed by atoms with Crippen LogP contribution in [0.1, 0.15) is 440 Å². The largest absolute Gasteiger partial charge is 0.472 e. The Balaban J connectivity index is 5.22. The Morgan fingerprint density at radius 1 is 0.284 bits per heavy atom. The number of ether oxygens (including phenoxy) is 4. The molecule has 3 unspecified atom stereocenters.